The Morgan fingerprint density at radius 1 is 1.25 bits per heavy atom. The van der Waals surface area contributed by atoms with E-state index in [9.17, 15) is 9.90 Å². The molecule has 2 aliphatic rings. The Labute approximate surface area is 122 Å². The Bertz CT molecular complexity index is 538. The zero-order valence-corrected chi connectivity index (χ0v) is 12.3. The van der Waals surface area contributed by atoms with Gasteiger partial charge in [0.2, 0.25) is 0 Å². The summed E-state index contributed by atoms with van der Waals surface area (Å²) in [4.78, 5) is 13.3. The van der Waals surface area contributed by atoms with Crippen LogP contribution in [0, 0.1) is 5.92 Å². The summed E-state index contributed by atoms with van der Waals surface area (Å²) in [7, 11) is 0. The SMILES string of the molecule is O=C(O)C1=Cc2cc(C(O)C3CCCCC3)sc2CC1. The predicted molar refractivity (Wildman–Crippen MR) is 79.8 cm³/mol. The Kier molecular flexibility index (Phi) is 3.94. The largest absolute Gasteiger partial charge is 0.478 e. The van der Waals surface area contributed by atoms with E-state index in [0.29, 0.717) is 17.9 Å². The maximum atomic E-state index is 11.0. The van der Waals surface area contributed by atoms with E-state index in [0.717, 1.165) is 29.7 Å². The smallest absolute Gasteiger partial charge is 0.331 e. The minimum atomic E-state index is -0.823. The zero-order valence-electron chi connectivity index (χ0n) is 11.5. The van der Waals surface area contributed by atoms with Crippen LogP contribution in [-0.2, 0) is 11.2 Å². The number of aliphatic carboxylic acids is 1. The minimum absolute atomic E-state index is 0.368. The van der Waals surface area contributed by atoms with Gasteiger partial charge in [-0.3, -0.25) is 0 Å². The van der Waals surface area contributed by atoms with Crippen LogP contribution in [0.15, 0.2) is 11.6 Å². The highest BCUT2D eigenvalue weighted by atomic mass is 32.1. The van der Waals surface area contributed by atoms with Gasteiger partial charge in [0, 0.05) is 15.3 Å². The molecule has 2 N–H and O–H groups in total. The lowest BCUT2D eigenvalue weighted by Crippen LogP contribution is -2.14. The molecule has 1 saturated carbocycles. The lowest BCUT2D eigenvalue weighted by Gasteiger charge is -2.25. The van der Waals surface area contributed by atoms with E-state index in [4.69, 9.17) is 5.11 Å². The molecule has 3 nitrogen and oxygen atoms in total. The lowest BCUT2D eigenvalue weighted by molar-refractivity contribution is -0.132. The average Bonchev–Trinajstić information content (AvgIpc) is 2.90. The van der Waals surface area contributed by atoms with Crippen LogP contribution in [0.4, 0.5) is 0 Å². The molecule has 0 aliphatic heterocycles. The average molecular weight is 292 g/mol. The van der Waals surface area contributed by atoms with Gasteiger partial charge in [-0.15, -0.1) is 11.3 Å². The van der Waals surface area contributed by atoms with E-state index >= 15 is 0 Å². The number of carboxylic acid groups (broad SMARTS) is 1. The Morgan fingerprint density at radius 2 is 2.00 bits per heavy atom. The summed E-state index contributed by atoms with van der Waals surface area (Å²) in [6.45, 7) is 0. The Morgan fingerprint density at radius 3 is 2.70 bits per heavy atom. The Hall–Kier alpha value is -1.13. The molecule has 1 aromatic rings. The number of aliphatic hydroxyl groups is 1. The third-order valence-electron chi connectivity index (χ3n) is 4.47. The van der Waals surface area contributed by atoms with Gasteiger partial charge < -0.3 is 10.2 Å². The van der Waals surface area contributed by atoms with Crippen LogP contribution in [0.3, 0.4) is 0 Å². The number of aliphatic hydroxyl groups excluding tert-OH is 1. The van der Waals surface area contributed by atoms with Gasteiger partial charge in [0.25, 0.3) is 0 Å². The predicted octanol–water partition coefficient (Wildman–Crippen LogP) is 3.78. The number of rotatable bonds is 3. The first kappa shape index (κ1) is 13.8. The van der Waals surface area contributed by atoms with Crippen LogP contribution in [0.5, 0.6) is 0 Å². The summed E-state index contributed by atoms with van der Waals surface area (Å²) in [5.74, 6) is -0.442. The van der Waals surface area contributed by atoms with Crippen LogP contribution >= 0.6 is 11.3 Å². The highest BCUT2D eigenvalue weighted by molar-refractivity contribution is 7.12. The maximum absolute atomic E-state index is 11.0. The third-order valence-corrected chi connectivity index (χ3v) is 5.76. The molecular formula is C16H20O3S. The molecule has 0 radical (unpaired) electrons. The highest BCUT2D eigenvalue weighted by Gasteiger charge is 2.26. The van der Waals surface area contributed by atoms with Crippen molar-refractivity contribution in [1.82, 2.24) is 0 Å². The fourth-order valence-electron chi connectivity index (χ4n) is 3.29. The lowest BCUT2D eigenvalue weighted by atomic mass is 9.84. The first-order valence-electron chi connectivity index (χ1n) is 7.39. The summed E-state index contributed by atoms with van der Waals surface area (Å²) >= 11 is 1.66. The molecule has 4 heteroatoms. The van der Waals surface area contributed by atoms with Gasteiger partial charge in [-0.1, -0.05) is 19.3 Å². The quantitative estimate of drug-likeness (QED) is 0.891. The van der Waals surface area contributed by atoms with E-state index in [1.807, 2.05) is 6.07 Å². The van der Waals surface area contributed by atoms with E-state index in [-0.39, 0.29) is 6.10 Å². The van der Waals surface area contributed by atoms with Crippen molar-refractivity contribution >= 4 is 23.4 Å². The molecule has 1 unspecified atom stereocenters. The van der Waals surface area contributed by atoms with Crippen molar-refractivity contribution in [1.29, 1.82) is 0 Å². The van der Waals surface area contributed by atoms with Gasteiger partial charge in [0.15, 0.2) is 0 Å². The molecule has 0 spiro atoms. The van der Waals surface area contributed by atoms with Gasteiger partial charge >= 0.3 is 5.97 Å². The summed E-state index contributed by atoms with van der Waals surface area (Å²) in [6.07, 6.45) is 8.74. The van der Waals surface area contributed by atoms with Crippen LogP contribution < -0.4 is 0 Å². The molecule has 1 heterocycles. The molecule has 1 aromatic heterocycles. The standard InChI is InChI=1S/C16H20O3S/c17-15(10-4-2-1-3-5-10)14-9-12-8-11(16(18)19)6-7-13(12)20-14/h8-10,15,17H,1-7H2,(H,18,19). The second-order valence-corrected chi connectivity index (χ2v) is 7.01. The van der Waals surface area contributed by atoms with Crippen molar-refractivity contribution in [3.05, 3.63) is 27.0 Å². The molecule has 0 aromatic carbocycles. The number of hydrogen-bond donors (Lipinski definition) is 2. The van der Waals surface area contributed by atoms with Crippen molar-refractivity contribution in [3.63, 3.8) is 0 Å². The zero-order chi connectivity index (χ0) is 14.1. The number of hydrogen-bond acceptors (Lipinski definition) is 3. The van der Waals surface area contributed by atoms with E-state index in [2.05, 4.69) is 0 Å². The van der Waals surface area contributed by atoms with Crippen molar-refractivity contribution in [2.24, 2.45) is 5.92 Å². The molecule has 0 amide bonds. The number of aryl methyl sites for hydroxylation is 1. The number of thiophene rings is 1. The van der Waals surface area contributed by atoms with Crippen LogP contribution in [0.2, 0.25) is 0 Å². The second-order valence-electron chi connectivity index (χ2n) is 5.84. The number of carbonyl (C=O) groups is 1. The first-order valence-corrected chi connectivity index (χ1v) is 8.21. The van der Waals surface area contributed by atoms with Crippen molar-refractivity contribution in [3.8, 4) is 0 Å². The molecule has 0 bridgehead atoms. The molecule has 20 heavy (non-hydrogen) atoms. The number of carboxylic acids is 1. The van der Waals surface area contributed by atoms with Gasteiger partial charge in [-0.05, 0) is 49.3 Å². The fraction of sp³-hybridized carbons (Fsp3) is 0.562. The topological polar surface area (TPSA) is 57.5 Å². The number of fused-ring (bicyclic) bond motifs is 1. The summed E-state index contributed by atoms with van der Waals surface area (Å²) in [5.41, 5.74) is 1.48. The second kappa shape index (κ2) is 5.70. The van der Waals surface area contributed by atoms with Crippen molar-refractivity contribution < 1.29 is 15.0 Å². The van der Waals surface area contributed by atoms with Gasteiger partial charge in [-0.25, -0.2) is 4.79 Å². The summed E-state index contributed by atoms with van der Waals surface area (Å²) < 4.78 is 0. The van der Waals surface area contributed by atoms with Gasteiger partial charge in [0.05, 0.1) is 6.10 Å². The molecule has 2 aliphatic carbocycles. The van der Waals surface area contributed by atoms with E-state index in [1.165, 1.54) is 24.1 Å². The minimum Gasteiger partial charge on any atom is -0.478 e. The first-order chi connectivity index (χ1) is 9.65. The van der Waals surface area contributed by atoms with Crippen molar-refractivity contribution in [2.45, 2.75) is 51.0 Å². The monoisotopic (exact) mass is 292 g/mol. The molecule has 0 saturated heterocycles. The fourth-order valence-corrected chi connectivity index (χ4v) is 4.51. The maximum Gasteiger partial charge on any atom is 0.331 e. The summed E-state index contributed by atoms with van der Waals surface area (Å²) in [5, 5.41) is 19.6. The molecule has 1 atom stereocenters. The third kappa shape index (κ3) is 2.67. The molecule has 108 valence electrons. The van der Waals surface area contributed by atoms with Crippen LogP contribution in [0.25, 0.3) is 6.08 Å². The van der Waals surface area contributed by atoms with E-state index in [1.54, 1.807) is 17.4 Å². The van der Waals surface area contributed by atoms with Gasteiger partial charge in [-0.2, -0.15) is 0 Å². The molecule has 3 rings (SSSR count). The van der Waals surface area contributed by atoms with E-state index < -0.39 is 5.97 Å². The van der Waals surface area contributed by atoms with Gasteiger partial charge in [0.1, 0.15) is 0 Å². The van der Waals surface area contributed by atoms with Crippen LogP contribution in [-0.4, -0.2) is 16.2 Å². The molecule has 1 fully saturated rings. The Balaban J connectivity index is 1.81. The van der Waals surface area contributed by atoms with Crippen molar-refractivity contribution in [2.75, 3.05) is 0 Å². The highest BCUT2D eigenvalue weighted by Crippen LogP contribution is 2.40. The van der Waals surface area contributed by atoms with Crippen LogP contribution in [0.1, 0.15) is 59.9 Å². The molecular weight excluding hydrogens is 272 g/mol. The summed E-state index contributed by atoms with van der Waals surface area (Å²) in [6, 6.07) is 2.00. The normalized spacial score (nSPS) is 21.1.